The fraction of sp³-hybridized carbons (Fsp3) is 0.462. The molecule has 2 atom stereocenters. The quantitative estimate of drug-likeness (QED) is 0.857. The van der Waals surface area contributed by atoms with Crippen LogP contribution >= 0.6 is 11.5 Å². The minimum absolute atomic E-state index is 0.282. The lowest BCUT2D eigenvalue weighted by Gasteiger charge is -2.29. The first-order valence-corrected chi connectivity index (χ1v) is 6.98. The number of nitrogens with zero attached hydrogens (tertiary/aromatic N) is 1. The standard InChI is InChI=1S/C13H17N3S/c14-10-6-2-4-8-12(10)15-13-9-5-1-3-7-11(9)16-17-13/h1,3,5,7,10,12,15H,2,4,6,8,14H2. The molecule has 0 aliphatic heterocycles. The van der Waals surface area contributed by atoms with E-state index in [-0.39, 0.29) is 6.04 Å². The van der Waals surface area contributed by atoms with Crippen LogP contribution in [0.25, 0.3) is 10.9 Å². The first-order valence-electron chi connectivity index (χ1n) is 6.21. The number of anilines is 1. The van der Waals surface area contributed by atoms with Gasteiger partial charge in [0.2, 0.25) is 0 Å². The van der Waals surface area contributed by atoms with Crippen molar-refractivity contribution in [2.45, 2.75) is 37.8 Å². The Labute approximate surface area is 105 Å². The zero-order valence-electron chi connectivity index (χ0n) is 9.73. The minimum atomic E-state index is 0.282. The SMILES string of the molecule is NC1CCCCC1Nc1snc2ccccc12. The second-order valence-corrected chi connectivity index (χ2v) is 5.50. The van der Waals surface area contributed by atoms with Crippen molar-refractivity contribution in [2.75, 3.05) is 5.32 Å². The Balaban J connectivity index is 1.84. The zero-order chi connectivity index (χ0) is 11.7. The number of benzene rings is 1. The first kappa shape index (κ1) is 11.0. The van der Waals surface area contributed by atoms with Crippen LogP contribution in [-0.2, 0) is 0 Å². The fourth-order valence-corrected chi connectivity index (χ4v) is 3.32. The van der Waals surface area contributed by atoms with E-state index in [9.17, 15) is 0 Å². The van der Waals surface area contributed by atoms with Gasteiger partial charge in [0, 0.05) is 17.5 Å². The second-order valence-electron chi connectivity index (χ2n) is 4.73. The van der Waals surface area contributed by atoms with Crippen LogP contribution in [0.3, 0.4) is 0 Å². The van der Waals surface area contributed by atoms with Gasteiger partial charge >= 0.3 is 0 Å². The van der Waals surface area contributed by atoms with Crippen LogP contribution in [0.1, 0.15) is 25.7 Å². The van der Waals surface area contributed by atoms with Crippen LogP contribution in [-0.4, -0.2) is 16.5 Å². The van der Waals surface area contributed by atoms with Crippen LogP contribution in [0.5, 0.6) is 0 Å². The molecular formula is C13H17N3S. The van der Waals surface area contributed by atoms with Gasteiger partial charge in [-0.3, -0.25) is 0 Å². The summed E-state index contributed by atoms with van der Waals surface area (Å²) in [5.74, 6) is 0. The molecule has 1 saturated carbocycles. The van der Waals surface area contributed by atoms with Crippen molar-refractivity contribution in [3.63, 3.8) is 0 Å². The van der Waals surface area contributed by atoms with Crippen molar-refractivity contribution in [1.29, 1.82) is 0 Å². The van der Waals surface area contributed by atoms with E-state index in [0.29, 0.717) is 6.04 Å². The Bertz CT molecular complexity index is 508. The van der Waals surface area contributed by atoms with Crippen molar-refractivity contribution in [3.05, 3.63) is 24.3 Å². The Morgan fingerprint density at radius 1 is 1.24 bits per heavy atom. The molecule has 1 aromatic carbocycles. The van der Waals surface area contributed by atoms with E-state index in [1.165, 1.54) is 29.6 Å². The number of nitrogens with two attached hydrogens (primary N) is 1. The highest BCUT2D eigenvalue weighted by Gasteiger charge is 2.22. The van der Waals surface area contributed by atoms with Gasteiger partial charge in [-0.1, -0.05) is 25.0 Å². The lowest BCUT2D eigenvalue weighted by Crippen LogP contribution is -2.42. The van der Waals surface area contributed by atoms with Gasteiger partial charge in [-0.05, 0) is 36.5 Å². The summed E-state index contributed by atoms with van der Waals surface area (Å²) >= 11 is 1.54. The molecular weight excluding hydrogens is 230 g/mol. The number of fused-ring (bicyclic) bond motifs is 1. The fourth-order valence-electron chi connectivity index (χ4n) is 2.50. The van der Waals surface area contributed by atoms with Gasteiger partial charge in [-0.15, -0.1) is 0 Å². The van der Waals surface area contributed by atoms with Gasteiger partial charge in [0.05, 0.1) is 5.52 Å². The summed E-state index contributed by atoms with van der Waals surface area (Å²) in [5, 5.41) is 5.97. The third-order valence-corrected chi connectivity index (χ3v) is 4.33. The summed E-state index contributed by atoms with van der Waals surface area (Å²) in [4.78, 5) is 0. The molecule has 90 valence electrons. The average Bonchev–Trinajstić information content (AvgIpc) is 2.76. The maximum Gasteiger partial charge on any atom is 0.117 e. The van der Waals surface area contributed by atoms with E-state index >= 15 is 0 Å². The number of hydrogen-bond donors (Lipinski definition) is 2. The molecule has 0 bridgehead atoms. The Kier molecular flexibility index (Phi) is 2.99. The van der Waals surface area contributed by atoms with E-state index in [1.807, 2.05) is 6.07 Å². The first-order chi connectivity index (χ1) is 8.34. The molecule has 1 aliphatic carbocycles. The largest absolute Gasteiger partial charge is 0.371 e. The molecule has 4 heteroatoms. The van der Waals surface area contributed by atoms with E-state index in [1.54, 1.807) is 11.5 Å². The van der Waals surface area contributed by atoms with E-state index in [4.69, 9.17) is 5.73 Å². The molecule has 0 spiro atoms. The molecule has 0 amide bonds. The highest BCUT2D eigenvalue weighted by molar-refractivity contribution is 7.11. The molecule has 3 rings (SSSR count). The van der Waals surface area contributed by atoms with Crippen molar-refractivity contribution in [1.82, 2.24) is 4.37 Å². The minimum Gasteiger partial charge on any atom is -0.371 e. The van der Waals surface area contributed by atoms with Crippen LogP contribution in [0.2, 0.25) is 0 Å². The normalized spacial score (nSPS) is 25.0. The molecule has 0 radical (unpaired) electrons. The summed E-state index contributed by atoms with van der Waals surface area (Å²) < 4.78 is 4.45. The third-order valence-electron chi connectivity index (χ3n) is 3.52. The van der Waals surface area contributed by atoms with Crippen molar-refractivity contribution in [3.8, 4) is 0 Å². The van der Waals surface area contributed by atoms with E-state index < -0.39 is 0 Å². The molecule has 1 heterocycles. The van der Waals surface area contributed by atoms with Crippen LogP contribution < -0.4 is 11.1 Å². The highest BCUT2D eigenvalue weighted by atomic mass is 32.1. The summed E-state index contributed by atoms with van der Waals surface area (Å²) in [6.45, 7) is 0. The molecule has 3 N–H and O–H groups in total. The zero-order valence-corrected chi connectivity index (χ0v) is 10.5. The van der Waals surface area contributed by atoms with Crippen LogP contribution in [0.4, 0.5) is 5.00 Å². The summed E-state index contributed by atoms with van der Waals surface area (Å²) in [5.41, 5.74) is 7.23. The van der Waals surface area contributed by atoms with E-state index in [0.717, 1.165) is 11.9 Å². The monoisotopic (exact) mass is 247 g/mol. The summed E-state index contributed by atoms with van der Waals surface area (Å²) in [6.07, 6.45) is 4.85. The maximum atomic E-state index is 6.16. The van der Waals surface area contributed by atoms with E-state index in [2.05, 4.69) is 27.9 Å². The molecule has 0 saturated heterocycles. The molecule has 17 heavy (non-hydrogen) atoms. The molecule has 2 aromatic rings. The summed E-state index contributed by atoms with van der Waals surface area (Å²) in [7, 11) is 0. The second kappa shape index (κ2) is 4.63. The number of hydrogen-bond acceptors (Lipinski definition) is 4. The number of aromatic nitrogens is 1. The van der Waals surface area contributed by atoms with Crippen molar-refractivity contribution in [2.24, 2.45) is 5.73 Å². The summed E-state index contributed by atoms with van der Waals surface area (Å²) in [6, 6.07) is 8.95. The molecule has 2 unspecified atom stereocenters. The lowest BCUT2D eigenvalue weighted by molar-refractivity contribution is 0.405. The Morgan fingerprint density at radius 3 is 2.94 bits per heavy atom. The predicted molar refractivity (Wildman–Crippen MR) is 73.5 cm³/mol. The number of nitrogens with one attached hydrogen (secondary N) is 1. The van der Waals surface area contributed by atoms with Crippen molar-refractivity contribution < 1.29 is 0 Å². The van der Waals surface area contributed by atoms with Gasteiger partial charge in [0.15, 0.2) is 0 Å². The van der Waals surface area contributed by atoms with Gasteiger partial charge < -0.3 is 11.1 Å². The highest BCUT2D eigenvalue weighted by Crippen LogP contribution is 2.30. The smallest absolute Gasteiger partial charge is 0.117 e. The average molecular weight is 247 g/mol. The van der Waals surface area contributed by atoms with Gasteiger partial charge in [-0.25, -0.2) is 0 Å². The number of rotatable bonds is 2. The van der Waals surface area contributed by atoms with Crippen LogP contribution in [0.15, 0.2) is 24.3 Å². The lowest BCUT2D eigenvalue weighted by atomic mass is 9.91. The molecule has 3 nitrogen and oxygen atoms in total. The van der Waals surface area contributed by atoms with Gasteiger partial charge in [0.1, 0.15) is 5.00 Å². The molecule has 1 fully saturated rings. The van der Waals surface area contributed by atoms with Gasteiger partial charge in [-0.2, -0.15) is 4.37 Å². The Hall–Kier alpha value is -1.13. The maximum absolute atomic E-state index is 6.16. The molecule has 1 aliphatic rings. The Morgan fingerprint density at radius 2 is 2.06 bits per heavy atom. The predicted octanol–water partition coefficient (Wildman–Crippen LogP) is 2.98. The van der Waals surface area contributed by atoms with Crippen molar-refractivity contribution >= 4 is 27.4 Å². The topological polar surface area (TPSA) is 50.9 Å². The third kappa shape index (κ3) is 2.15. The van der Waals surface area contributed by atoms with Gasteiger partial charge in [0.25, 0.3) is 0 Å². The molecule has 1 aromatic heterocycles. The van der Waals surface area contributed by atoms with Crippen LogP contribution in [0, 0.1) is 0 Å².